The van der Waals surface area contributed by atoms with Gasteiger partial charge in [0.2, 0.25) is 5.91 Å². The Bertz CT molecular complexity index is 728. The molecule has 0 spiro atoms. The van der Waals surface area contributed by atoms with E-state index in [1.807, 2.05) is 24.4 Å². The number of hydrogen-bond acceptors (Lipinski definition) is 3. The quantitative estimate of drug-likeness (QED) is 0.758. The molecule has 0 aromatic carbocycles. The maximum atomic E-state index is 12.8. The van der Waals surface area contributed by atoms with Crippen molar-refractivity contribution >= 4 is 5.91 Å². The molecule has 6 rings (SSSR count). The summed E-state index contributed by atoms with van der Waals surface area (Å²) in [6.07, 6.45) is 14.3. The van der Waals surface area contributed by atoms with Crippen molar-refractivity contribution in [3.8, 4) is 0 Å². The van der Waals surface area contributed by atoms with Gasteiger partial charge in [-0.2, -0.15) is 0 Å². The molecule has 5 aliphatic rings. The third kappa shape index (κ3) is 4.14. The highest BCUT2D eigenvalue weighted by Crippen LogP contribution is 2.62. The van der Waals surface area contributed by atoms with Gasteiger partial charge in [-0.05, 0) is 93.6 Å². The first kappa shape index (κ1) is 19.3. The third-order valence-corrected chi connectivity index (χ3v) is 8.27. The molecule has 29 heavy (non-hydrogen) atoms. The lowest BCUT2D eigenvalue weighted by Crippen LogP contribution is -2.47. The molecule has 2 heterocycles. The van der Waals surface area contributed by atoms with Crippen LogP contribution in [-0.4, -0.2) is 34.9 Å². The van der Waals surface area contributed by atoms with Crippen molar-refractivity contribution in [1.82, 2.24) is 15.2 Å². The molecule has 0 unspecified atom stereocenters. The molecule has 1 amide bonds. The second-order valence-corrected chi connectivity index (χ2v) is 10.4. The van der Waals surface area contributed by atoms with Gasteiger partial charge < -0.3 is 5.32 Å². The molecular weight excluding hydrogens is 358 g/mol. The Hall–Kier alpha value is -1.68. The van der Waals surface area contributed by atoms with Crippen molar-refractivity contribution in [2.45, 2.75) is 70.9 Å². The van der Waals surface area contributed by atoms with E-state index in [1.165, 1.54) is 44.1 Å². The van der Waals surface area contributed by atoms with Gasteiger partial charge in [0, 0.05) is 37.9 Å². The lowest BCUT2D eigenvalue weighted by Gasteiger charge is -2.57. The lowest BCUT2D eigenvalue weighted by molar-refractivity contribution is -0.117. The topological polar surface area (TPSA) is 45.2 Å². The van der Waals surface area contributed by atoms with E-state index in [0.29, 0.717) is 11.5 Å². The van der Waals surface area contributed by atoms with E-state index in [4.69, 9.17) is 0 Å². The summed E-state index contributed by atoms with van der Waals surface area (Å²) in [4.78, 5) is 19.7. The van der Waals surface area contributed by atoms with Gasteiger partial charge in [0.1, 0.15) is 0 Å². The normalized spacial score (nSPS) is 35.1. The number of nitrogens with zero attached hydrogens (tertiary/aromatic N) is 2. The summed E-state index contributed by atoms with van der Waals surface area (Å²) in [6, 6.07) is 6.41. The Morgan fingerprint density at radius 3 is 2.38 bits per heavy atom. The van der Waals surface area contributed by atoms with Crippen LogP contribution in [0.3, 0.4) is 0 Å². The Morgan fingerprint density at radius 2 is 1.79 bits per heavy atom. The summed E-state index contributed by atoms with van der Waals surface area (Å²) < 4.78 is 0. The average Bonchev–Trinajstić information content (AvgIpc) is 2.69. The van der Waals surface area contributed by atoms with Crippen molar-refractivity contribution < 1.29 is 4.79 Å². The summed E-state index contributed by atoms with van der Waals surface area (Å²) in [5.74, 6) is 2.92. The van der Waals surface area contributed by atoms with Crippen LogP contribution in [-0.2, 0) is 11.3 Å². The maximum absolute atomic E-state index is 12.8. The SMILES string of the molecule is C/C(=C/C(=O)NC1CCN(Cc2ccccn2)CC1)C12CC3CC(CC(C3)C1)C2. The monoisotopic (exact) mass is 393 g/mol. The van der Waals surface area contributed by atoms with E-state index in [2.05, 4.69) is 28.2 Å². The fourth-order valence-corrected chi connectivity index (χ4v) is 7.14. The number of allylic oxidation sites excluding steroid dienone is 1. The second-order valence-electron chi connectivity index (χ2n) is 10.4. The zero-order valence-corrected chi connectivity index (χ0v) is 17.8. The molecule has 1 aliphatic heterocycles. The smallest absolute Gasteiger partial charge is 0.244 e. The van der Waals surface area contributed by atoms with E-state index < -0.39 is 0 Å². The molecule has 0 radical (unpaired) electrons. The summed E-state index contributed by atoms with van der Waals surface area (Å²) in [6.45, 7) is 5.20. The molecule has 4 bridgehead atoms. The predicted octanol–water partition coefficient (Wildman–Crippen LogP) is 4.32. The van der Waals surface area contributed by atoms with Gasteiger partial charge in [0.25, 0.3) is 0 Å². The summed E-state index contributed by atoms with van der Waals surface area (Å²) in [5, 5.41) is 3.31. The molecular formula is C25H35N3O. The molecule has 1 aromatic rings. The zero-order valence-electron chi connectivity index (χ0n) is 17.8. The summed E-state index contributed by atoms with van der Waals surface area (Å²) in [7, 11) is 0. The van der Waals surface area contributed by atoms with Crippen LogP contribution in [0.25, 0.3) is 0 Å². The first-order valence-electron chi connectivity index (χ1n) is 11.7. The number of hydrogen-bond donors (Lipinski definition) is 1. The first-order chi connectivity index (χ1) is 14.1. The molecule has 4 nitrogen and oxygen atoms in total. The summed E-state index contributed by atoms with van der Waals surface area (Å²) in [5.41, 5.74) is 2.84. The minimum atomic E-state index is 0.140. The Morgan fingerprint density at radius 1 is 1.14 bits per heavy atom. The van der Waals surface area contributed by atoms with Crippen molar-refractivity contribution in [2.75, 3.05) is 13.1 Å². The number of nitrogens with one attached hydrogen (secondary N) is 1. The minimum absolute atomic E-state index is 0.140. The zero-order chi connectivity index (χ0) is 19.8. The molecule has 4 aliphatic carbocycles. The van der Waals surface area contributed by atoms with Crippen LogP contribution in [0.1, 0.15) is 64.0 Å². The average molecular weight is 394 g/mol. The van der Waals surface area contributed by atoms with E-state index in [1.54, 1.807) is 0 Å². The molecule has 1 aromatic heterocycles. The van der Waals surface area contributed by atoms with Crippen LogP contribution in [0.5, 0.6) is 0 Å². The minimum Gasteiger partial charge on any atom is -0.350 e. The summed E-state index contributed by atoms with van der Waals surface area (Å²) >= 11 is 0. The molecule has 1 N–H and O–H groups in total. The molecule has 156 valence electrons. The number of rotatable bonds is 5. The van der Waals surface area contributed by atoms with Gasteiger partial charge in [-0.15, -0.1) is 0 Å². The van der Waals surface area contributed by atoms with Crippen LogP contribution in [0, 0.1) is 23.2 Å². The molecule has 4 heteroatoms. The van der Waals surface area contributed by atoms with Gasteiger partial charge in [0.15, 0.2) is 0 Å². The van der Waals surface area contributed by atoms with E-state index in [0.717, 1.165) is 55.9 Å². The molecule has 0 atom stereocenters. The fraction of sp³-hybridized carbons (Fsp3) is 0.680. The largest absolute Gasteiger partial charge is 0.350 e. The van der Waals surface area contributed by atoms with Gasteiger partial charge in [-0.1, -0.05) is 11.6 Å². The Balaban J connectivity index is 1.14. The van der Waals surface area contributed by atoms with Crippen molar-refractivity contribution in [1.29, 1.82) is 0 Å². The Labute approximate surface area is 175 Å². The van der Waals surface area contributed by atoms with E-state index in [9.17, 15) is 4.79 Å². The second kappa shape index (κ2) is 7.86. The molecule has 5 fully saturated rings. The number of carbonyl (C=O) groups excluding carboxylic acids is 1. The molecule has 4 saturated carbocycles. The van der Waals surface area contributed by atoms with Gasteiger partial charge >= 0.3 is 0 Å². The van der Waals surface area contributed by atoms with Crippen LogP contribution in [0.4, 0.5) is 0 Å². The highest BCUT2D eigenvalue weighted by atomic mass is 16.1. The standard InChI is InChI=1S/C25H35N3O/c1-18(25-14-19-11-20(15-25)13-21(12-19)16-25)10-24(29)27-22-5-8-28(9-6-22)17-23-4-2-3-7-26-23/h2-4,7,10,19-22H,5-6,8-9,11-17H2,1H3,(H,27,29)/b18-10-. The van der Waals surface area contributed by atoms with Gasteiger partial charge in [-0.25, -0.2) is 0 Å². The number of pyridine rings is 1. The molecule has 1 saturated heterocycles. The number of piperidine rings is 1. The third-order valence-electron chi connectivity index (χ3n) is 8.27. The van der Waals surface area contributed by atoms with Crippen molar-refractivity contribution in [3.05, 3.63) is 41.7 Å². The number of likely N-dealkylation sites (tertiary alicyclic amines) is 1. The number of amides is 1. The fourth-order valence-electron chi connectivity index (χ4n) is 7.14. The van der Waals surface area contributed by atoms with Gasteiger partial charge in [-0.3, -0.25) is 14.7 Å². The first-order valence-corrected chi connectivity index (χ1v) is 11.7. The highest BCUT2D eigenvalue weighted by molar-refractivity contribution is 5.88. The number of carbonyl (C=O) groups is 1. The lowest BCUT2D eigenvalue weighted by atomic mass is 9.48. The van der Waals surface area contributed by atoms with E-state index in [-0.39, 0.29) is 5.91 Å². The van der Waals surface area contributed by atoms with Crippen molar-refractivity contribution in [2.24, 2.45) is 23.2 Å². The number of aromatic nitrogens is 1. The van der Waals surface area contributed by atoms with Crippen LogP contribution < -0.4 is 5.32 Å². The van der Waals surface area contributed by atoms with Crippen LogP contribution in [0.15, 0.2) is 36.0 Å². The Kier molecular flexibility index (Phi) is 5.23. The van der Waals surface area contributed by atoms with Gasteiger partial charge in [0.05, 0.1) is 5.69 Å². The van der Waals surface area contributed by atoms with Crippen molar-refractivity contribution in [3.63, 3.8) is 0 Å². The van der Waals surface area contributed by atoms with Crippen LogP contribution in [0.2, 0.25) is 0 Å². The predicted molar refractivity (Wildman–Crippen MR) is 115 cm³/mol. The van der Waals surface area contributed by atoms with Crippen LogP contribution >= 0.6 is 0 Å². The highest BCUT2D eigenvalue weighted by Gasteiger charge is 2.51. The van der Waals surface area contributed by atoms with E-state index >= 15 is 0 Å². The maximum Gasteiger partial charge on any atom is 0.244 e.